The first-order valence-electron chi connectivity index (χ1n) is 19.3. The van der Waals surface area contributed by atoms with Crippen molar-refractivity contribution in [2.24, 2.45) is 23.7 Å². The number of benzene rings is 2. The molecule has 10 rings (SSSR count). The number of hydrogen-bond acceptors (Lipinski definition) is 7. The number of H-pyrrole nitrogens is 2. The Balaban J connectivity index is 1.27. The maximum atomic E-state index is 14.2. The van der Waals surface area contributed by atoms with Gasteiger partial charge in [0.25, 0.3) is 0 Å². The van der Waals surface area contributed by atoms with Crippen LogP contribution in [0.3, 0.4) is 0 Å². The summed E-state index contributed by atoms with van der Waals surface area (Å²) in [6.45, 7) is 7.17. The van der Waals surface area contributed by atoms with E-state index in [0.29, 0.717) is 11.8 Å². The highest BCUT2D eigenvalue weighted by Crippen LogP contribution is 2.56. The number of fused-ring (bicyclic) bond motifs is 9. The molecular weight excluding hydrogens is 652 g/mol. The van der Waals surface area contributed by atoms with Crippen molar-refractivity contribution in [2.75, 3.05) is 48.0 Å². The number of methoxy groups -OCH3 is 3. The third-order valence-electron chi connectivity index (χ3n) is 14.1. The van der Waals surface area contributed by atoms with E-state index >= 15 is 0 Å². The predicted molar refractivity (Wildman–Crippen MR) is 202 cm³/mol. The van der Waals surface area contributed by atoms with E-state index in [-0.39, 0.29) is 41.8 Å². The van der Waals surface area contributed by atoms with E-state index < -0.39 is 5.41 Å². The molecule has 6 bridgehead atoms. The summed E-state index contributed by atoms with van der Waals surface area (Å²) in [7, 11) is 6.99. The Morgan fingerprint density at radius 1 is 1.02 bits per heavy atom. The second-order valence-corrected chi connectivity index (χ2v) is 16.3. The summed E-state index contributed by atoms with van der Waals surface area (Å²) in [5, 5.41) is 2.32. The number of carbonyl (C=O) groups excluding carboxylic acids is 2. The molecular formula is C43H52N4O5. The van der Waals surface area contributed by atoms with Crippen LogP contribution in [0.2, 0.25) is 0 Å². The van der Waals surface area contributed by atoms with Crippen LogP contribution in [0.25, 0.3) is 21.8 Å². The third-order valence-corrected chi connectivity index (χ3v) is 14.1. The maximum Gasteiger partial charge on any atom is 0.319 e. The van der Waals surface area contributed by atoms with E-state index in [1.54, 1.807) is 14.2 Å². The Morgan fingerprint density at radius 3 is 2.60 bits per heavy atom. The van der Waals surface area contributed by atoms with Crippen LogP contribution in [-0.2, 0) is 37.3 Å². The first-order chi connectivity index (χ1) is 25.3. The Hall–Kier alpha value is -4.08. The quantitative estimate of drug-likeness (QED) is 0.181. The standard InChI is InChI=1S/C43H52N4O5/c1-7-24-15-23-20-43(42(49)52-6)39-27(13-14-47(21-23)40(24)43)29-19-36(50-4)30(17-34(29)45-39)31-16-28-25(8-2)22-46(3)35(37(28)41(48)51-5)18-32-26-11-9-10-12-33(26)44-38(31)32/h8-12,17,19,23-24,28,31,35,37,40,44-45H,7,13-16,18,20-22H2,1-6H3/b25-8-/t23-,24-,28-,31+,35+,37+,40-,43+/m0/s1. The average Bonchev–Trinajstić information content (AvgIpc) is 3.69. The molecule has 9 heteroatoms. The fourth-order valence-corrected chi connectivity index (χ4v) is 12.1. The van der Waals surface area contributed by atoms with Gasteiger partial charge in [-0.3, -0.25) is 19.4 Å². The average molecular weight is 705 g/mol. The maximum absolute atomic E-state index is 14.2. The monoisotopic (exact) mass is 704 g/mol. The lowest BCUT2D eigenvalue weighted by Crippen LogP contribution is -2.67. The Kier molecular flexibility index (Phi) is 8.12. The van der Waals surface area contributed by atoms with Gasteiger partial charge in [-0.05, 0) is 93.2 Å². The highest BCUT2D eigenvalue weighted by atomic mass is 16.5. The number of rotatable bonds is 5. The number of ether oxygens (including phenoxy) is 3. The second kappa shape index (κ2) is 12.5. The zero-order valence-electron chi connectivity index (χ0n) is 31.4. The first kappa shape index (κ1) is 33.7. The number of hydrogen-bond donors (Lipinski definition) is 2. The lowest BCUT2D eigenvalue weighted by atomic mass is 9.56. The minimum atomic E-state index is -0.725. The van der Waals surface area contributed by atoms with E-state index in [1.807, 2.05) is 0 Å². The van der Waals surface area contributed by atoms with Gasteiger partial charge >= 0.3 is 11.9 Å². The van der Waals surface area contributed by atoms with Crippen molar-refractivity contribution in [3.63, 3.8) is 0 Å². The normalized spacial score (nSPS) is 33.2. The van der Waals surface area contributed by atoms with Gasteiger partial charge in [-0.15, -0.1) is 0 Å². The molecule has 2 aromatic heterocycles. The van der Waals surface area contributed by atoms with Crippen LogP contribution in [0.5, 0.6) is 5.75 Å². The third kappa shape index (κ3) is 4.67. The van der Waals surface area contributed by atoms with Gasteiger partial charge in [0.05, 0.1) is 27.2 Å². The number of likely N-dealkylation sites (N-methyl/N-ethyl adjacent to an activating group) is 1. The van der Waals surface area contributed by atoms with Crippen LogP contribution in [0.15, 0.2) is 48.0 Å². The molecule has 4 fully saturated rings. The molecule has 6 heterocycles. The number of carbonyl (C=O) groups is 2. The molecule has 3 saturated heterocycles. The fourth-order valence-electron chi connectivity index (χ4n) is 12.1. The van der Waals surface area contributed by atoms with Gasteiger partial charge in [0.15, 0.2) is 0 Å². The van der Waals surface area contributed by atoms with Crippen LogP contribution >= 0.6 is 0 Å². The molecule has 1 unspecified atom stereocenters. The largest absolute Gasteiger partial charge is 0.496 e. The predicted octanol–water partition coefficient (Wildman–Crippen LogP) is 6.49. The lowest BCUT2D eigenvalue weighted by molar-refractivity contribution is -0.162. The van der Waals surface area contributed by atoms with Gasteiger partial charge in [-0.2, -0.15) is 0 Å². The zero-order chi connectivity index (χ0) is 36.1. The van der Waals surface area contributed by atoms with E-state index in [0.717, 1.165) is 85.2 Å². The number of nitrogens with one attached hydrogen (secondary N) is 2. The van der Waals surface area contributed by atoms with Crippen molar-refractivity contribution in [1.82, 2.24) is 19.8 Å². The highest BCUT2D eigenvalue weighted by molar-refractivity contribution is 5.93. The zero-order valence-corrected chi connectivity index (χ0v) is 31.4. The summed E-state index contributed by atoms with van der Waals surface area (Å²) in [5.41, 5.74) is 8.48. The number of esters is 2. The highest BCUT2D eigenvalue weighted by Gasteiger charge is 2.62. The van der Waals surface area contributed by atoms with Crippen molar-refractivity contribution in [3.05, 3.63) is 76.1 Å². The minimum Gasteiger partial charge on any atom is -0.496 e. The topological polar surface area (TPSA) is 99.9 Å². The van der Waals surface area contributed by atoms with E-state index in [1.165, 1.54) is 41.3 Å². The lowest BCUT2D eigenvalue weighted by Gasteiger charge is -2.57. The molecule has 274 valence electrons. The van der Waals surface area contributed by atoms with Gasteiger partial charge in [-0.25, -0.2) is 0 Å². The van der Waals surface area contributed by atoms with E-state index in [9.17, 15) is 9.59 Å². The van der Waals surface area contributed by atoms with Crippen LogP contribution in [0.1, 0.15) is 73.5 Å². The summed E-state index contributed by atoms with van der Waals surface area (Å²) in [5.74, 6) is 1.11. The Morgan fingerprint density at radius 2 is 1.85 bits per heavy atom. The number of piperidine rings is 3. The van der Waals surface area contributed by atoms with Crippen molar-refractivity contribution in [1.29, 1.82) is 0 Å². The molecule has 1 saturated carbocycles. The first-order valence-corrected chi connectivity index (χ1v) is 19.3. The molecule has 9 nitrogen and oxygen atoms in total. The summed E-state index contributed by atoms with van der Waals surface area (Å²) < 4.78 is 17.6. The molecule has 4 aromatic rings. The van der Waals surface area contributed by atoms with Gasteiger partial charge in [0.1, 0.15) is 11.2 Å². The second-order valence-electron chi connectivity index (χ2n) is 16.3. The summed E-state index contributed by atoms with van der Waals surface area (Å²) >= 11 is 0. The number of nitrogens with zero attached hydrogens (tertiary/aromatic N) is 2. The number of aromatic nitrogens is 2. The molecule has 4 aliphatic heterocycles. The summed E-state index contributed by atoms with van der Waals surface area (Å²) in [4.78, 5) is 40.8. The van der Waals surface area contributed by atoms with E-state index in [2.05, 4.69) is 83.1 Å². The Bertz CT molecular complexity index is 2110. The summed E-state index contributed by atoms with van der Waals surface area (Å²) in [6.07, 6.45) is 7.59. The molecule has 2 N–H and O–H groups in total. The molecule has 6 aliphatic rings. The number of aromatic amines is 2. The Labute approximate surface area is 306 Å². The molecule has 2 aromatic carbocycles. The molecule has 0 radical (unpaired) electrons. The molecule has 0 spiro atoms. The SMILES string of the molecule is C/C=C1/CN(C)[C@@H]2Cc3c([nH]c4ccccc34)[C@@H](c3cc4[nH]c5c(c4cc3OC)CCN3C[C@H]4C[C@H](CC)[C@H]3[C@@]5(C(=O)OC)C4)C[C@@H]1[C@H]2C(=O)OC. The van der Waals surface area contributed by atoms with Crippen molar-refractivity contribution in [2.45, 2.75) is 75.8 Å². The minimum absolute atomic E-state index is 0.00122. The van der Waals surface area contributed by atoms with Crippen molar-refractivity contribution in [3.8, 4) is 5.75 Å². The van der Waals surface area contributed by atoms with E-state index in [4.69, 9.17) is 14.2 Å². The van der Waals surface area contributed by atoms with Crippen LogP contribution in [-0.4, -0.2) is 91.8 Å². The molecule has 9 atom stereocenters. The van der Waals surface area contributed by atoms with Crippen LogP contribution < -0.4 is 4.74 Å². The van der Waals surface area contributed by atoms with Crippen LogP contribution in [0, 0.1) is 23.7 Å². The molecule has 52 heavy (non-hydrogen) atoms. The number of likely N-dealkylation sites (tertiary alicyclic amines) is 1. The van der Waals surface area contributed by atoms with Crippen molar-refractivity contribution < 1.29 is 23.8 Å². The summed E-state index contributed by atoms with van der Waals surface area (Å²) in [6, 6.07) is 13.2. The van der Waals surface area contributed by atoms with Gasteiger partial charge < -0.3 is 24.2 Å². The van der Waals surface area contributed by atoms with Gasteiger partial charge in [-0.1, -0.05) is 43.2 Å². The number of para-hydroxylation sites is 1. The molecule has 2 aliphatic carbocycles. The van der Waals surface area contributed by atoms with Crippen molar-refractivity contribution >= 4 is 33.7 Å². The molecule has 0 amide bonds. The fraction of sp³-hybridized carbons (Fsp3) is 0.535. The van der Waals surface area contributed by atoms with Gasteiger partial charge in [0, 0.05) is 76.4 Å². The van der Waals surface area contributed by atoms with Crippen LogP contribution in [0.4, 0.5) is 0 Å². The van der Waals surface area contributed by atoms with Gasteiger partial charge in [0.2, 0.25) is 0 Å². The smallest absolute Gasteiger partial charge is 0.319 e. The number of allylic oxidation sites excluding steroid dienone is 1.